The fourth-order valence-corrected chi connectivity index (χ4v) is 3.84. The molecule has 0 amide bonds. The zero-order valence-corrected chi connectivity index (χ0v) is 18.3. The first-order valence-corrected chi connectivity index (χ1v) is 10.3. The number of pyridine rings is 1. The van der Waals surface area contributed by atoms with Crippen molar-refractivity contribution in [1.82, 2.24) is 29.5 Å². The topological polar surface area (TPSA) is 105 Å². The molecule has 0 bridgehead atoms. The molecule has 0 aliphatic rings. The molecule has 4 heterocycles. The summed E-state index contributed by atoms with van der Waals surface area (Å²) < 4.78 is 22.1. The number of anilines is 1. The standard InChI is InChI=1S/C25H18FN7O/c1-4-19-18(26)11-16(12-29-19)22-20(21-23(27)30-13-31-24(21)33(22)3)15-5-7-17(8-6-15)34-25-28-10-9-14(2)32-25/h1,5-13H,2-3H3,(H2,27,30,31). The molecule has 1 aromatic carbocycles. The molecule has 0 radical (unpaired) electrons. The van der Waals surface area contributed by atoms with Gasteiger partial charge in [-0.3, -0.25) is 0 Å². The molecule has 0 unspecified atom stereocenters. The minimum atomic E-state index is -0.586. The molecule has 9 heteroatoms. The third-order valence-corrected chi connectivity index (χ3v) is 5.37. The Bertz CT molecular complexity index is 1590. The number of nitrogen functional groups attached to an aromatic ring is 1. The summed E-state index contributed by atoms with van der Waals surface area (Å²) in [6.45, 7) is 1.86. The van der Waals surface area contributed by atoms with E-state index < -0.39 is 5.82 Å². The zero-order valence-electron chi connectivity index (χ0n) is 18.3. The summed E-state index contributed by atoms with van der Waals surface area (Å²) in [6, 6.07) is 10.7. The number of hydrogen-bond donors (Lipinski definition) is 1. The Morgan fingerprint density at radius 1 is 1.06 bits per heavy atom. The van der Waals surface area contributed by atoms with Crippen molar-refractivity contribution in [3.63, 3.8) is 0 Å². The van der Waals surface area contributed by atoms with Crippen molar-refractivity contribution in [2.75, 3.05) is 5.73 Å². The van der Waals surface area contributed by atoms with Crippen molar-refractivity contribution >= 4 is 16.9 Å². The van der Waals surface area contributed by atoms with Gasteiger partial charge in [0.2, 0.25) is 0 Å². The first-order chi connectivity index (χ1) is 16.5. The van der Waals surface area contributed by atoms with Crippen LogP contribution < -0.4 is 10.5 Å². The van der Waals surface area contributed by atoms with Crippen LogP contribution in [0.5, 0.6) is 11.8 Å². The summed E-state index contributed by atoms with van der Waals surface area (Å²) in [5, 5.41) is 0.650. The molecule has 4 aromatic heterocycles. The Labute approximate surface area is 194 Å². The van der Waals surface area contributed by atoms with Gasteiger partial charge in [0.15, 0.2) is 5.82 Å². The lowest BCUT2D eigenvalue weighted by Crippen LogP contribution is -1.97. The van der Waals surface area contributed by atoms with Crippen LogP contribution in [0.3, 0.4) is 0 Å². The maximum atomic E-state index is 14.5. The van der Waals surface area contributed by atoms with E-state index in [0.29, 0.717) is 33.9 Å². The number of aryl methyl sites for hydroxylation is 2. The molecule has 166 valence electrons. The van der Waals surface area contributed by atoms with E-state index in [1.165, 1.54) is 18.6 Å². The Balaban J connectivity index is 1.66. The molecule has 0 saturated carbocycles. The lowest BCUT2D eigenvalue weighted by atomic mass is 9.99. The second-order valence-corrected chi connectivity index (χ2v) is 7.55. The van der Waals surface area contributed by atoms with E-state index in [0.717, 1.165) is 16.8 Å². The third-order valence-electron chi connectivity index (χ3n) is 5.37. The first kappa shape index (κ1) is 21.0. The van der Waals surface area contributed by atoms with Crippen molar-refractivity contribution in [2.45, 2.75) is 6.92 Å². The Hall–Kier alpha value is -4.84. The van der Waals surface area contributed by atoms with E-state index in [4.69, 9.17) is 16.9 Å². The fraction of sp³-hybridized carbons (Fsp3) is 0.0800. The lowest BCUT2D eigenvalue weighted by Gasteiger charge is -2.10. The van der Waals surface area contributed by atoms with Crippen LogP contribution in [-0.4, -0.2) is 29.5 Å². The van der Waals surface area contributed by atoms with Crippen LogP contribution in [0.15, 0.2) is 55.1 Å². The molecule has 0 spiro atoms. The van der Waals surface area contributed by atoms with Crippen molar-refractivity contribution in [2.24, 2.45) is 7.05 Å². The zero-order chi connectivity index (χ0) is 23.8. The number of halogens is 1. The molecule has 0 fully saturated rings. The van der Waals surface area contributed by atoms with Crippen LogP contribution in [0, 0.1) is 25.1 Å². The first-order valence-electron chi connectivity index (χ1n) is 10.3. The molecule has 8 nitrogen and oxygen atoms in total. The molecule has 0 aliphatic heterocycles. The molecule has 34 heavy (non-hydrogen) atoms. The SMILES string of the molecule is C#Cc1ncc(-c2c(-c3ccc(Oc4nccc(C)n4)cc3)c3c(N)ncnc3n2C)cc1F. The summed E-state index contributed by atoms with van der Waals surface area (Å²) in [7, 11) is 1.83. The number of ether oxygens (including phenoxy) is 1. The normalized spacial score (nSPS) is 10.9. The van der Waals surface area contributed by atoms with Gasteiger partial charge in [0.25, 0.3) is 0 Å². The van der Waals surface area contributed by atoms with Gasteiger partial charge in [0, 0.05) is 36.3 Å². The number of nitrogens with two attached hydrogens (primary N) is 1. The summed E-state index contributed by atoms with van der Waals surface area (Å²) in [4.78, 5) is 21.0. The molecule has 0 aliphatic carbocycles. The lowest BCUT2D eigenvalue weighted by molar-refractivity contribution is 0.440. The minimum Gasteiger partial charge on any atom is -0.424 e. The van der Waals surface area contributed by atoms with Crippen LogP contribution in [0.4, 0.5) is 10.2 Å². The maximum Gasteiger partial charge on any atom is 0.322 e. The monoisotopic (exact) mass is 451 g/mol. The highest BCUT2D eigenvalue weighted by Gasteiger charge is 2.22. The van der Waals surface area contributed by atoms with Crippen LogP contribution in [0.2, 0.25) is 0 Å². The molecular weight excluding hydrogens is 433 g/mol. The second kappa shape index (κ2) is 8.26. The van der Waals surface area contributed by atoms with Gasteiger partial charge >= 0.3 is 6.01 Å². The predicted octanol–water partition coefficient (Wildman–Crippen LogP) is 4.29. The minimum absolute atomic E-state index is 0.0526. The average Bonchev–Trinajstić information content (AvgIpc) is 3.13. The second-order valence-electron chi connectivity index (χ2n) is 7.55. The fourth-order valence-electron chi connectivity index (χ4n) is 3.84. The van der Waals surface area contributed by atoms with E-state index >= 15 is 0 Å². The van der Waals surface area contributed by atoms with E-state index in [1.807, 2.05) is 30.7 Å². The molecular formula is C25H18FN7O. The molecule has 5 rings (SSSR count). The van der Waals surface area contributed by atoms with Gasteiger partial charge < -0.3 is 15.0 Å². The van der Waals surface area contributed by atoms with E-state index in [1.54, 1.807) is 24.4 Å². The number of benzene rings is 1. The number of fused-ring (bicyclic) bond motifs is 1. The van der Waals surface area contributed by atoms with Crippen LogP contribution >= 0.6 is 0 Å². The van der Waals surface area contributed by atoms with Crippen molar-refractivity contribution in [3.05, 3.63) is 72.3 Å². The molecule has 5 aromatic rings. The van der Waals surface area contributed by atoms with Crippen LogP contribution in [0.25, 0.3) is 33.4 Å². The molecule has 0 atom stereocenters. The molecule has 2 N–H and O–H groups in total. The van der Waals surface area contributed by atoms with E-state index in [2.05, 4.69) is 30.8 Å². The van der Waals surface area contributed by atoms with Crippen molar-refractivity contribution in [3.8, 4) is 46.5 Å². The largest absolute Gasteiger partial charge is 0.424 e. The van der Waals surface area contributed by atoms with Gasteiger partial charge in [-0.05, 0) is 42.7 Å². The number of terminal acetylenes is 1. The quantitative estimate of drug-likeness (QED) is 0.407. The summed E-state index contributed by atoms with van der Waals surface area (Å²) in [6.07, 6.45) is 9.90. The number of nitrogens with zero attached hydrogens (tertiary/aromatic N) is 6. The van der Waals surface area contributed by atoms with Gasteiger partial charge in [0.1, 0.15) is 29.2 Å². The molecule has 0 saturated heterocycles. The highest BCUT2D eigenvalue weighted by molar-refractivity contribution is 6.07. The predicted molar refractivity (Wildman–Crippen MR) is 126 cm³/mol. The van der Waals surface area contributed by atoms with Gasteiger partial charge in [-0.1, -0.05) is 12.1 Å². The van der Waals surface area contributed by atoms with Gasteiger partial charge in [0.05, 0.1) is 11.1 Å². The summed E-state index contributed by atoms with van der Waals surface area (Å²) in [5.74, 6) is 2.53. The van der Waals surface area contributed by atoms with Crippen molar-refractivity contribution in [1.29, 1.82) is 0 Å². The Morgan fingerprint density at radius 2 is 1.85 bits per heavy atom. The van der Waals surface area contributed by atoms with Crippen molar-refractivity contribution < 1.29 is 9.13 Å². The highest BCUT2D eigenvalue weighted by atomic mass is 19.1. The number of hydrogen-bond acceptors (Lipinski definition) is 7. The highest BCUT2D eigenvalue weighted by Crippen LogP contribution is 2.42. The van der Waals surface area contributed by atoms with Crippen LogP contribution in [0.1, 0.15) is 11.4 Å². The smallest absolute Gasteiger partial charge is 0.322 e. The van der Waals surface area contributed by atoms with Crippen LogP contribution in [-0.2, 0) is 7.05 Å². The van der Waals surface area contributed by atoms with Gasteiger partial charge in [-0.25, -0.2) is 29.3 Å². The van der Waals surface area contributed by atoms with Gasteiger partial charge in [-0.15, -0.1) is 6.42 Å². The Morgan fingerprint density at radius 3 is 2.56 bits per heavy atom. The number of rotatable bonds is 4. The van der Waals surface area contributed by atoms with Gasteiger partial charge in [-0.2, -0.15) is 0 Å². The summed E-state index contributed by atoms with van der Waals surface area (Å²) >= 11 is 0. The maximum absolute atomic E-state index is 14.5. The summed E-state index contributed by atoms with van der Waals surface area (Å²) in [5.41, 5.74) is 10.4. The Kier molecular flexibility index (Phi) is 5.11. The average molecular weight is 451 g/mol. The third kappa shape index (κ3) is 3.57. The van der Waals surface area contributed by atoms with E-state index in [-0.39, 0.29) is 11.7 Å². The number of aromatic nitrogens is 6. The van der Waals surface area contributed by atoms with E-state index in [9.17, 15) is 4.39 Å².